The van der Waals surface area contributed by atoms with E-state index in [0.717, 1.165) is 5.56 Å². The summed E-state index contributed by atoms with van der Waals surface area (Å²) >= 11 is 0. The minimum Gasteiger partial charge on any atom is -0.390 e. The highest BCUT2D eigenvalue weighted by atomic mass is 16.3. The minimum absolute atomic E-state index is 0.313. The van der Waals surface area contributed by atoms with Gasteiger partial charge in [-0.15, -0.1) is 0 Å². The predicted molar refractivity (Wildman–Crippen MR) is 73.5 cm³/mol. The van der Waals surface area contributed by atoms with Crippen LogP contribution in [0.1, 0.15) is 63.2 Å². The van der Waals surface area contributed by atoms with E-state index in [1.807, 2.05) is 39.0 Å². The molecule has 0 heterocycles. The lowest BCUT2D eigenvalue weighted by molar-refractivity contribution is -0.0464. The zero-order chi connectivity index (χ0) is 13.3. The average Bonchev–Trinajstić information content (AvgIpc) is 2.24. The van der Waals surface area contributed by atoms with Crippen LogP contribution in [0.25, 0.3) is 0 Å². The van der Waals surface area contributed by atoms with E-state index in [2.05, 4.69) is 6.07 Å². The second kappa shape index (κ2) is 5.02. The number of rotatable bonds is 3. The predicted octanol–water partition coefficient (Wildman–Crippen LogP) is 3.39. The molecule has 2 atom stereocenters. The number of hydrogen-bond donors (Lipinski definition) is 2. The second-order valence-electron chi connectivity index (χ2n) is 6.51. The van der Waals surface area contributed by atoms with Gasteiger partial charge < -0.3 is 10.2 Å². The summed E-state index contributed by atoms with van der Waals surface area (Å²) in [5.41, 5.74) is 1.82. The molecule has 2 heteroatoms. The Morgan fingerprint density at radius 2 is 1.72 bits per heavy atom. The van der Waals surface area contributed by atoms with Crippen molar-refractivity contribution in [1.29, 1.82) is 0 Å². The number of aliphatic hydroxyl groups is 2. The van der Waals surface area contributed by atoms with Crippen molar-refractivity contribution >= 4 is 0 Å². The van der Waals surface area contributed by atoms with Gasteiger partial charge in [0.05, 0.1) is 6.10 Å². The Bertz CT molecular complexity index is 402. The molecule has 1 aromatic carbocycles. The van der Waals surface area contributed by atoms with Crippen molar-refractivity contribution in [3.8, 4) is 0 Å². The van der Waals surface area contributed by atoms with Crippen LogP contribution in [0.3, 0.4) is 0 Å². The van der Waals surface area contributed by atoms with Crippen molar-refractivity contribution in [3.05, 3.63) is 35.4 Å². The zero-order valence-corrected chi connectivity index (χ0v) is 11.6. The van der Waals surface area contributed by atoms with E-state index in [0.29, 0.717) is 5.92 Å². The van der Waals surface area contributed by atoms with Crippen LogP contribution >= 0.6 is 0 Å². The van der Waals surface area contributed by atoms with Crippen LogP contribution in [0.2, 0.25) is 0 Å². The summed E-state index contributed by atoms with van der Waals surface area (Å²) in [6.07, 6.45) is 2.15. The van der Waals surface area contributed by atoms with Crippen LogP contribution in [0.5, 0.6) is 0 Å². The molecule has 1 aromatic rings. The summed E-state index contributed by atoms with van der Waals surface area (Å²) in [7, 11) is 0. The summed E-state index contributed by atoms with van der Waals surface area (Å²) in [5, 5.41) is 20.7. The molecule has 2 nitrogen and oxygen atoms in total. The Morgan fingerprint density at radius 1 is 1.11 bits per heavy atom. The maximum absolute atomic E-state index is 10.4. The lowest BCUT2D eigenvalue weighted by Crippen LogP contribution is -2.33. The molecule has 0 bridgehead atoms. The monoisotopic (exact) mass is 248 g/mol. The molecule has 2 unspecified atom stereocenters. The van der Waals surface area contributed by atoms with Crippen LogP contribution in [-0.2, 0) is 0 Å². The zero-order valence-electron chi connectivity index (χ0n) is 11.6. The number of benzene rings is 1. The highest BCUT2D eigenvalue weighted by molar-refractivity contribution is 5.34. The van der Waals surface area contributed by atoms with Crippen molar-refractivity contribution in [2.24, 2.45) is 5.41 Å². The normalized spacial score (nSPS) is 20.3. The van der Waals surface area contributed by atoms with Crippen LogP contribution in [0, 0.1) is 5.41 Å². The maximum Gasteiger partial charge on any atom is 0.106 e. The van der Waals surface area contributed by atoms with E-state index in [-0.39, 0.29) is 5.41 Å². The molecule has 0 spiro atoms. The number of aliphatic hydroxyl groups excluding tert-OH is 2. The molecule has 1 aliphatic rings. The molecule has 1 aliphatic carbocycles. The SMILES string of the molecule is CC(C)(C)C(O)C(O)c1ccccc1C1CCC1. The Hall–Kier alpha value is -0.860. The average molecular weight is 248 g/mol. The fraction of sp³-hybridized carbons (Fsp3) is 0.625. The van der Waals surface area contributed by atoms with Gasteiger partial charge in [0.15, 0.2) is 0 Å². The molecule has 1 fully saturated rings. The summed E-state index contributed by atoms with van der Waals surface area (Å²) in [6.45, 7) is 5.85. The molecule has 2 N–H and O–H groups in total. The Kier molecular flexibility index (Phi) is 3.79. The Labute approximate surface area is 110 Å². The van der Waals surface area contributed by atoms with Crippen molar-refractivity contribution in [3.63, 3.8) is 0 Å². The van der Waals surface area contributed by atoms with Gasteiger partial charge in [-0.05, 0) is 35.3 Å². The third-order valence-corrected chi connectivity index (χ3v) is 4.05. The van der Waals surface area contributed by atoms with E-state index in [1.54, 1.807) is 0 Å². The van der Waals surface area contributed by atoms with Crippen LogP contribution < -0.4 is 0 Å². The largest absolute Gasteiger partial charge is 0.390 e. The molecular formula is C16H24O2. The first-order valence-electron chi connectivity index (χ1n) is 6.86. The van der Waals surface area contributed by atoms with Gasteiger partial charge in [0.1, 0.15) is 6.10 Å². The third-order valence-electron chi connectivity index (χ3n) is 4.05. The molecular weight excluding hydrogens is 224 g/mol. The first kappa shape index (κ1) is 13.6. The van der Waals surface area contributed by atoms with Crippen LogP contribution in [0.15, 0.2) is 24.3 Å². The smallest absolute Gasteiger partial charge is 0.106 e. The van der Waals surface area contributed by atoms with Gasteiger partial charge in [-0.2, -0.15) is 0 Å². The lowest BCUT2D eigenvalue weighted by atomic mass is 9.75. The number of hydrogen-bond acceptors (Lipinski definition) is 2. The van der Waals surface area contributed by atoms with E-state index < -0.39 is 12.2 Å². The first-order valence-corrected chi connectivity index (χ1v) is 6.86. The van der Waals surface area contributed by atoms with Gasteiger partial charge in [-0.3, -0.25) is 0 Å². The van der Waals surface area contributed by atoms with E-state index >= 15 is 0 Å². The molecule has 0 saturated heterocycles. The van der Waals surface area contributed by atoms with Gasteiger partial charge in [0, 0.05) is 0 Å². The fourth-order valence-electron chi connectivity index (χ4n) is 2.51. The maximum atomic E-state index is 10.4. The first-order chi connectivity index (χ1) is 8.41. The molecule has 18 heavy (non-hydrogen) atoms. The second-order valence-corrected chi connectivity index (χ2v) is 6.51. The standard InChI is InChI=1S/C16H24O2/c1-16(2,3)15(18)14(17)13-10-5-4-9-12(13)11-7-6-8-11/h4-5,9-11,14-15,17-18H,6-8H2,1-3H3. The summed E-state index contributed by atoms with van der Waals surface area (Å²) in [6, 6.07) is 8.01. The molecule has 2 rings (SSSR count). The topological polar surface area (TPSA) is 40.5 Å². The Morgan fingerprint density at radius 3 is 2.22 bits per heavy atom. The summed E-state index contributed by atoms with van der Waals surface area (Å²) < 4.78 is 0. The van der Waals surface area contributed by atoms with Crippen molar-refractivity contribution < 1.29 is 10.2 Å². The lowest BCUT2D eigenvalue weighted by Gasteiger charge is -2.34. The third kappa shape index (κ3) is 2.60. The van der Waals surface area contributed by atoms with Gasteiger partial charge >= 0.3 is 0 Å². The summed E-state index contributed by atoms with van der Waals surface area (Å²) in [4.78, 5) is 0. The van der Waals surface area contributed by atoms with Gasteiger partial charge in [0.2, 0.25) is 0 Å². The van der Waals surface area contributed by atoms with Gasteiger partial charge in [0.25, 0.3) is 0 Å². The van der Waals surface area contributed by atoms with E-state index in [1.165, 1.54) is 24.8 Å². The molecule has 100 valence electrons. The fourth-order valence-corrected chi connectivity index (χ4v) is 2.51. The quantitative estimate of drug-likeness (QED) is 0.860. The Balaban J connectivity index is 2.27. The van der Waals surface area contributed by atoms with Crippen molar-refractivity contribution in [2.45, 2.75) is 58.2 Å². The molecule has 0 radical (unpaired) electrons. The van der Waals surface area contributed by atoms with E-state index in [4.69, 9.17) is 0 Å². The van der Waals surface area contributed by atoms with Crippen molar-refractivity contribution in [2.75, 3.05) is 0 Å². The summed E-state index contributed by atoms with van der Waals surface area (Å²) in [5.74, 6) is 0.572. The molecule has 0 aromatic heterocycles. The molecule has 1 saturated carbocycles. The highest BCUT2D eigenvalue weighted by Crippen LogP contribution is 2.41. The highest BCUT2D eigenvalue weighted by Gasteiger charge is 2.33. The van der Waals surface area contributed by atoms with Gasteiger partial charge in [-0.25, -0.2) is 0 Å². The molecule has 0 amide bonds. The minimum atomic E-state index is -0.790. The van der Waals surface area contributed by atoms with Crippen molar-refractivity contribution in [1.82, 2.24) is 0 Å². The van der Waals surface area contributed by atoms with Crippen LogP contribution in [0.4, 0.5) is 0 Å². The van der Waals surface area contributed by atoms with Gasteiger partial charge in [-0.1, -0.05) is 51.5 Å². The molecule has 0 aliphatic heterocycles. The van der Waals surface area contributed by atoms with Crippen LogP contribution in [-0.4, -0.2) is 16.3 Å². The van der Waals surface area contributed by atoms with E-state index in [9.17, 15) is 10.2 Å².